The minimum Gasteiger partial charge on any atom is -0.344 e. The van der Waals surface area contributed by atoms with E-state index in [1.165, 1.54) is 11.1 Å². The molecular formula is C18H24N2O2. The molecule has 2 amide bonds. The largest absolute Gasteiger partial charge is 0.344 e. The maximum absolute atomic E-state index is 12.8. The number of nitrogens with one attached hydrogen (secondary N) is 1. The van der Waals surface area contributed by atoms with Crippen LogP contribution in [-0.2, 0) is 22.6 Å². The molecule has 1 fully saturated rings. The van der Waals surface area contributed by atoms with Crippen molar-refractivity contribution < 1.29 is 9.59 Å². The second-order valence-corrected chi connectivity index (χ2v) is 6.78. The van der Waals surface area contributed by atoms with E-state index >= 15 is 0 Å². The summed E-state index contributed by atoms with van der Waals surface area (Å²) in [6.07, 6.45) is 2.81. The van der Waals surface area contributed by atoms with Gasteiger partial charge in [0.2, 0.25) is 11.8 Å². The topological polar surface area (TPSA) is 49.4 Å². The van der Waals surface area contributed by atoms with E-state index in [0.717, 1.165) is 25.8 Å². The number of hydrogen-bond acceptors (Lipinski definition) is 2. The van der Waals surface area contributed by atoms with Crippen LogP contribution in [-0.4, -0.2) is 29.3 Å². The third-order valence-electron chi connectivity index (χ3n) is 4.62. The molecule has 1 N–H and O–H groups in total. The van der Waals surface area contributed by atoms with Gasteiger partial charge in [0, 0.05) is 19.0 Å². The highest BCUT2D eigenvalue weighted by Gasteiger charge is 2.35. The average Bonchev–Trinajstić information content (AvgIpc) is 3.36. The van der Waals surface area contributed by atoms with E-state index in [-0.39, 0.29) is 23.7 Å². The fraction of sp³-hybridized carbons (Fsp3) is 0.556. The van der Waals surface area contributed by atoms with Gasteiger partial charge in [-0.15, -0.1) is 0 Å². The van der Waals surface area contributed by atoms with Crippen LogP contribution in [0.4, 0.5) is 0 Å². The van der Waals surface area contributed by atoms with E-state index in [0.29, 0.717) is 6.54 Å². The molecule has 1 heterocycles. The van der Waals surface area contributed by atoms with Crippen LogP contribution in [0.3, 0.4) is 0 Å². The third-order valence-corrected chi connectivity index (χ3v) is 4.62. The Morgan fingerprint density at radius 2 is 1.86 bits per heavy atom. The summed E-state index contributed by atoms with van der Waals surface area (Å²) in [5.41, 5.74) is 2.55. The van der Waals surface area contributed by atoms with E-state index in [2.05, 4.69) is 17.4 Å². The second-order valence-electron chi connectivity index (χ2n) is 6.78. The molecule has 1 aliphatic heterocycles. The van der Waals surface area contributed by atoms with Gasteiger partial charge in [0.05, 0.1) is 0 Å². The molecule has 0 aromatic heterocycles. The second kappa shape index (κ2) is 6.11. The monoisotopic (exact) mass is 300 g/mol. The lowest BCUT2D eigenvalue weighted by Crippen LogP contribution is -2.52. The first-order chi connectivity index (χ1) is 10.6. The molecule has 4 heteroatoms. The van der Waals surface area contributed by atoms with Crippen LogP contribution in [0.2, 0.25) is 0 Å². The van der Waals surface area contributed by atoms with Crippen LogP contribution in [0.5, 0.6) is 0 Å². The first-order valence-corrected chi connectivity index (χ1v) is 8.22. The molecule has 0 spiro atoms. The number of fused-ring (bicyclic) bond motifs is 1. The van der Waals surface area contributed by atoms with Gasteiger partial charge in [-0.25, -0.2) is 0 Å². The maximum atomic E-state index is 12.8. The molecule has 0 bridgehead atoms. The highest BCUT2D eigenvalue weighted by molar-refractivity contribution is 5.89. The van der Waals surface area contributed by atoms with E-state index in [9.17, 15) is 9.59 Å². The molecule has 4 nitrogen and oxygen atoms in total. The van der Waals surface area contributed by atoms with Crippen molar-refractivity contribution in [2.24, 2.45) is 11.8 Å². The zero-order chi connectivity index (χ0) is 15.7. The number of carbonyl (C=O) groups is 2. The lowest BCUT2D eigenvalue weighted by Gasteiger charge is -2.33. The molecule has 2 aliphatic rings. The molecule has 0 unspecified atom stereocenters. The molecule has 1 aromatic carbocycles. The van der Waals surface area contributed by atoms with Crippen molar-refractivity contribution in [3.8, 4) is 0 Å². The molecule has 22 heavy (non-hydrogen) atoms. The SMILES string of the molecule is CC(C)[C@@H](NC(=O)C1CC1)C(=O)N1CCc2ccccc2C1. The van der Waals surface area contributed by atoms with Crippen LogP contribution < -0.4 is 5.32 Å². The maximum Gasteiger partial charge on any atom is 0.245 e. The zero-order valence-corrected chi connectivity index (χ0v) is 13.3. The highest BCUT2D eigenvalue weighted by atomic mass is 16.2. The Bertz CT molecular complexity index is 578. The smallest absolute Gasteiger partial charge is 0.245 e. The summed E-state index contributed by atoms with van der Waals surface area (Å²) in [5, 5.41) is 2.97. The summed E-state index contributed by atoms with van der Waals surface area (Å²) in [6, 6.07) is 7.87. The van der Waals surface area contributed by atoms with E-state index in [4.69, 9.17) is 0 Å². The Labute approximate surface area is 131 Å². The van der Waals surface area contributed by atoms with Crippen LogP contribution >= 0.6 is 0 Å². The number of hydrogen-bond donors (Lipinski definition) is 1. The lowest BCUT2D eigenvalue weighted by atomic mass is 9.97. The van der Waals surface area contributed by atoms with Crippen LogP contribution in [0.15, 0.2) is 24.3 Å². The van der Waals surface area contributed by atoms with Gasteiger partial charge in [0.25, 0.3) is 0 Å². The Morgan fingerprint density at radius 1 is 1.18 bits per heavy atom. The van der Waals surface area contributed by atoms with Crippen LogP contribution in [0.1, 0.15) is 37.8 Å². The summed E-state index contributed by atoms with van der Waals surface area (Å²) in [7, 11) is 0. The lowest BCUT2D eigenvalue weighted by molar-refractivity contribution is -0.138. The third kappa shape index (κ3) is 3.16. The standard InChI is InChI=1S/C18H24N2O2/c1-12(2)16(19-17(21)14-7-8-14)18(22)20-10-9-13-5-3-4-6-15(13)11-20/h3-6,12,14,16H,7-11H2,1-2H3,(H,19,21)/t16-/m1/s1. The number of rotatable bonds is 4. The number of benzene rings is 1. The van der Waals surface area contributed by atoms with Crippen molar-refractivity contribution in [2.45, 2.75) is 45.7 Å². The number of carbonyl (C=O) groups excluding carboxylic acids is 2. The van der Waals surface area contributed by atoms with Gasteiger partial charge >= 0.3 is 0 Å². The summed E-state index contributed by atoms with van der Waals surface area (Å²) in [5.74, 6) is 0.339. The van der Waals surface area contributed by atoms with Gasteiger partial charge in [0.15, 0.2) is 0 Å². The van der Waals surface area contributed by atoms with E-state index in [1.54, 1.807) is 0 Å². The van der Waals surface area contributed by atoms with Crippen molar-refractivity contribution >= 4 is 11.8 Å². The Balaban J connectivity index is 1.69. The van der Waals surface area contributed by atoms with Crippen molar-refractivity contribution in [1.29, 1.82) is 0 Å². The fourth-order valence-electron chi connectivity index (χ4n) is 3.01. The molecule has 118 valence electrons. The van der Waals surface area contributed by atoms with Crippen molar-refractivity contribution in [3.05, 3.63) is 35.4 Å². The van der Waals surface area contributed by atoms with E-state index < -0.39 is 6.04 Å². The Morgan fingerprint density at radius 3 is 2.50 bits per heavy atom. The first kappa shape index (κ1) is 15.1. The van der Waals surface area contributed by atoms with Crippen LogP contribution in [0, 0.1) is 11.8 Å². The predicted octanol–water partition coefficient (Wildman–Crippen LogP) is 2.12. The normalized spacial score (nSPS) is 18.8. The first-order valence-electron chi connectivity index (χ1n) is 8.22. The quantitative estimate of drug-likeness (QED) is 0.926. The predicted molar refractivity (Wildman–Crippen MR) is 85.1 cm³/mol. The molecule has 0 radical (unpaired) electrons. The summed E-state index contributed by atoms with van der Waals surface area (Å²) in [4.78, 5) is 26.8. The van der Waals surface area contributed by atoms with Crippen molar-refractivity contribution in [1.82, 2.24) is 10.2 Å². The molecule has 0 saturated heterocycles. The van der Waals surface area contributed by atoms with Gasteiger partial charge in [0.1, 0.15) is 6.04 Å². The average molecular weight is 300 g/mol. The minimum atomic E-state index is -0.404. The van der Waals surface area contributed by atoms with Gasteiger partial charge in [-0.3, -0.25) is 9.59 Å². The van der Waals surface area contributed by atoms with Gasteiger partial charge < -0.3 is 10.2 Å². The molecule has 1 aliphatic carbocycles. The number of amides is 2. The minimum absolute atomic E-state index is 0.0458. The van der Waals surface area contributed by atoms with Crippen molar-refractivity contribution in [3.63, 3.8) is 0 Å². The zero-order valence-electron chi connectivity index (χ0n) is 13.3. The van der Waals surface area contributed by atoms with Gasteiger partial charge in [-0.1, -0.05) is 38.1 Å². The molecule has 1 atom stereocenters. The van der Waals surface area contributed by atoms with Crippen LogP contribution in [0.25, 0.3) is 0 Å². The molecule has 1 saturated carbocycles. The van der Waals surface area contributed by atoms with Crippen molar-refractivity contribution in [2.75, 3.05) is 6.54 Å². The van der Waals surface area contributed by atoms with Gasteiger partial charge in [-0.2, -0.15) is 0 Å². The van der Waals surface area contributed by atoms with Gasteiger partial charge in [-0.05, 0) is 36.3 Å². The fourth-order valence-corrected chi connectivity index (χ4v) is 3.01. The highest BCUT2D eigenvalue weighted by Crippen LogP contribution is 2.29. The number of nitrogens with zero attached hydrogens (tertiary/aromatic N) is 1. The summed E-state index contributed by atoms with van der Waals surface area (Å²) < 4.78 is 0. The van der Waals surface area contributed by atoms with E-state index in [1.807, 2.05) is 30.9 Å². The molecule has 1 aromatic rings. The Hall–Kier alpha value is -1.84. The summed E-state index contributed by atoms with van der Waals surface area (Å²) >= 11 is 0. The molecular weight excluding hydrogens is 276 g/mol. The molecule has 3 rings (SSSR count). The summed E-state index contributed by atoms with van der Waals surface area (Å²) in [6.45, 7) is 5.37. The Kier molecular flexibility index (Phi) is 4.19.